The number of benzene rings is 1. The zero-order valence-corrected chi connectivity index (χ0v) is 13.7. The fourth-order valence-electron chi connectivity index (χ4n) is 2.97. The molecule has 0 radical (unpaired) electrons. The number of nitrogens with zero attached hydrogens (tertiary/aromatic N) is 4. The predicted octanol–water partition coefficient (Wildman–Crippen LogP) is 2.44. The van der Waals surface area contributed by atoms with Crippen molar-refractivity contribution < 1.29 is 0 Å². The third-order valence-electron chi connectivity index (χ3n) is 4.36. The smallest absolute Gasteiger partial charge is 0.151 e. The number of hydrogen-bond acceptors (Lipinski definition) is 4. The Morgan fingerprint density at radius 3 is 2.45 bits per heavy atom. The van der Waals surface area contributed by atoms with Crippen LogP contribution in [0, 0.1) is 0 Å². The summed E-state index contributed by atoms with van der Waals surface area (Å²) in [6.07, 6.45) is 2.04. The third-order valence-corrected chi connectivity index (χ3v) is 4.36. The second kappa shape index (κ2) is 6.40. The Morgan fingerprint density at radius 2 is 1.77 bits per heavy atom. The van der Waals surface area contributed by atoms with Gasteiger partial charge in [0.2, 0.25) is 0 Å². The van der Waals surface area contributed by atoms with E-state index in [0.717, 1.165) is 43.4 Å². The molecule has 0 spiro atoms. The maximum absolute atomic E-state index is 4.77. The van der Waals surface area contributed by atoms with Crippen molar-refractivity contribution in [1.29, 1.82) is 0 Å². The Morgan fingerprint density at radius 1 is 1.05 bits per heavy atom. The highest BCUT2D eigenvalue weighted by atomic mass is 15.4. The van der Waals surface area contributed by atoms with E-state index in [1.54, 1.807) is 0 Å². The SMILES string of the molecule is CNc1ccccc1-n1ccc(N2CCN(C(C)C)CC2)n1. The molecule has 1 saturated heterocycles. The van der Waals surface area contributed by atoms with Crippen LogP contribution in [0.15, 0.2) is 36.5 Å². The third kappa shape index (κ3) is 2.95. The van der Waals surface area contributed by atoms with Gasteiger partial charge in [0.25, 0.3) is 0 Å². The Balaban J connectivity index is 1.75. The molecule has 1 aliphatic heterocycles. The second-order valence-electron chi connectivity index (χ2n) is 6.00. The lowest BCUT2D eigenvalue weighted by Crippen LogP contribution is -2.49. The molecule has 1 fully saturated rings. The fraction of sp³-hybridized carbons (Fsp3) is 0.471. The maximum atomic E-state index is 4.77. The van der Waals surface area contributed by atoms with Gasteiger partial charge in [0.05, 0.1) is 11.4 Å². The fourth-order valence-corrected chi connectivity index (χ4v) is 2.97. The van der Waals surface area contributed by atoms with E-state index in [2.05, 4.69) is 47.2 Å². The molecule has 0 aliphatic carbocycles. The summed E-state index contributed by atoms with van der Waals surface area (Å²) < 4.78 is 1.95. The number of hydrogen-bond donors (Lipinski definition) is 1. The molecule has 0 unspecified atom stereocenters. The molecule has 1 N–H and O–H groups in total. The van der Waals surface area contributed by atoms with Gasteiger partial charge >= 0.3 is 0 Å². The molecule has 5 nitrogen and oxygen atoms in total. The van der Waals surface area contributed by atoms with Gasteiger partial charge in [-0.2, -0.15) is 5.10 Å². The molecular weight excluding hydrogens is 274 g/mol. The summed E-state index contributed by atoms with van der Waals surface area (Å²) in [4.78, 5) is 4.89. The summed E-state index contributed by atoms with van der Waals surface area (Å²) in [6, 6.07) is 11.0. The molecule has 0 amide bonds. The predicted molar refractivity (Wildman–Crippen MR) is 92.0 cm³/mol. The van der Waals surface area contributed by atoms with E-state index in [1.165, 1.54) is 0 Å². The largest absolute Gasteiger partial charge is 0.386 e. The highest BCUT2D eigenvalue weighted by Gasteiger charge is 2.20. The quantitative estimate of drug-likeness (QED) is 0.941. The van der Waals surface area contributed by atoms with Crippen LogP contribution >= 0.6 is 0 Å². The average Bonchev–Trinajstić information content (AvgIpc) is 3.04. The van der Waals surface area contributed by atoms with Gasteiger partial charge in [0, 0.05) is 51.5 Å². The zero-order chi connectivity index (χ0) is 15.5. The van der Waals surface area contributed by atoms with E-state index in [0.29, 0.717) is 6.04 Å². The van der Waals surface area contributed by atoms with Gasteiger partial charge in [-0.3, -0.25) is 4.90 Å². The summed E-state index contributed by atoms with van der Waals surface area (Å²) in [6.45, 7) is 8.83. The maximum Gasteiger partial charge on any atom is 0.151 e. The summed E-state index contributed by atoms with van der Waals surface area (Å²) in [7, 11) is 1.94. The van der Waals surface area contributed by atoms with Crippen LogP contribution in [0.2, 0.25) is 0 Å². The van der Waals surface area contributed by atoms with Crippen LogP contribution in [0.4, 0.5) is 11.5 Å². The monoisotopic (exact) mass is 299 g/mol. The van der Waals surface area contributed by atoms with Gasteiger partial charge in [0.15, 0.2) is 5.82 Å². The molecule has 2 heterocycles. The van der Waals surface area contributed by atoms with E-state index < -0.39 is 0 Å². The van der Waals surface area contributed by atoms with Gasteiger partial charge in [0.1, 0.15) is 0 Å². The summed E-state index contributed by atoms with van der Waals surface area (Å²) in [5.41, 5.74) is 2.17. The highest BCUT2D eigenvalue weighted by molar-refractivity contribution is 5.60. The molecule has 1 aliphatic rings. The van der Waals surface area contributed by atoms with Crippen molar-refractivity contribution in [3.63, 3.8) is 0 Å². The van der Waals surface area contributed by atoms with E-state index in [-0.39, 0.29) is 0 Å². The van der Waals surface area contributed by atoms with E-state index >= 15 is 0 Å². The zero-order valence-electron chi connectivity index (χ0n) is 13.7. The van der Waals surface area contributed by atoms with Crippen LogP contribution < -0.4 is 10.2 Å². The van der Waals surface area contributed by atoms with Crippen molar-refractivity contribution in [2.24, 2.45) is 0 Å². The Labute approximate surface area is 132 Å². The molecule has 0 saturated carbocycles. The van der Waals surface area contributed by atoms with Crippen LogP contribution in [0.1, 0.15) is 13.8 Å². The topological polar surface area (TPSA) is 36.3 Å². The Bertz CT molecular complexity index is 611. The van der Waals surface area contributed by atoms with E-state index in [9.17, 15) is 0 Å². The van der Waals surface area contributed by atoms with Crippen LogP contribution in [0.5, 0.6) is 0 Å². The number of rotatable bonds is 4. The van der Waals surface area contributed by atoms with Crippen molar-refractivity contribution in [2.45, 2.75) is 19.9 Å². The summed E-state index contributed by atoms with van der Waals surface area (Å²) in [5.74, 6) is 1.06. The van der Waals surface area contributed by atoms with Crippen molar-refractivity contribution in [2.75, 3.05) is 43.4 Å². The molecule has 5 heteroatoms. The number of aromatic nitrogens is 2. The molecule has 1 aromatic heterocycles. The van der Waals surface area contributed by atoms with Crippen LogP contribution in [-0.4, -0.2) is 53.9 Å². The van der Waals surface area contributed by atoms with Crippen molar-refractivity contribution in [1.82, 2.24) is 14.7 Å². The van der Waals surface area contributed by atoms with Crippen molar-refractivity contribution in [3.8, 4) is 5.69 Å². The Hall–Kier alpha value is -2.01. The molecule has 2 aromatic rings. The molecule has 118 valence electrons. The highest BCUT2D eigenvalue weighted by Crippen LogP contribution is 2.21. The van der Waals surface area contributed by atoms with Crippen LogP contribution in [0.25, 0.3) is 5.69 Å². The van der Waals surface area contributed by atoms with Gasteiger partial charge in [-0.1, -0.05) is 12.1 Å². The molecule has 0 atom stereocenters. The first-order chi connectivity index (χ1) is 10.7. The lowest BCUT2D eigenvalue weighted by molar-refractivity contribution is 0.209. The van der Waals surface area contributed by atoms with Crippen molar-refractivity contribution in [3.05, 3.63) is 36.5 Å². The second-order valence-corrected chi connectivity index (χ2v) is 6.00. The van der Waals surface area contributed by atoms with Crippen molar-refractivity contribution >= 4 is 11.5 Å². The number of piperazine rings is 1. The van der Waals surface area contributed by atoms with Gasteiger partial charge in [-0.05, 0) is 26.0 Å². The molecule has 1 aromatic carbocycles. The number of nitrogens with one attached hydrogen (secondary N) is 1. The van der Waals surface area contributed by atoms with Gasteiger partial charge in [-0.15, -0.1) is 0 Å². The first-order valence-electron chi connectivity index (χ1n) is 8.01. The van der Waals surface area contributed by atoms with E-state index in [4.69, 9.17) is 5.10 Å². The van der Waals surface area contributed by atoms with Gasteiger partial charge in [-0.25, -0.2) is 4.68 Å². The first kappa shape index (κ1) is 14.9. The molecular formula is C17H25N5. The molecule has 3 rings (SSSR count). The average molecular weight is 299 g/mol. The number of para-hydroxylation sites is 2. The molecule has 0 bridgehead atoms. The standard InChI is InChI=1S/C17H25N5/c1-14(2)20-10-12-21(13-11-20)17-8-9-22(19-17)16-7-5-4-6-15(16)18-3/h4-9,14,18H,10-13H2,1-3H3. The first-order valence-corrected chi connectivity index (χ1v) is 8.01. The Kier molecular flexibility index (Phi) is 4.34. The summed E-state index contributed by atoms with van der Waals surface area (Å²) >= 11 is 0. The summed E-state index contributed by atoms with van der Waals surface area (Å²) in [5, 5.41) is 7.99. The van der Waals surface area contributed by atoms with E-state index in [1.807, 2.05) is 30.1 Å². The number of anilines is 2. The lowest BCUT2D eigenvalue weighted by Gasteiger charge is -2.37. The lowest BCUT2D eigenvalue weighted by atomic mass is 10.2. The van der Waals surface area contributed by atoms with Gasteiger partial charge < -0.3 is 10.2 Å². The normalized spacial score (nSPS) is 16.3. The minimum atomic E-state index is 0.627. The minimum absolute atomic E-state index is 0.627. The minimum Gasteiger partial charge on any atom is -0.386 e. The van der Waals surface area contributed by atoms with Crippen LogP contribution in [-0.2, 0) is 0 Å². The molecule has 22 heavy (non-hydrogen) atoms. The van der Waals surface area contributed by atoms with Crippen LogP contribution in [0.3, 0.4) is 0 Å².